The number of benzene rings is 2. The largest absolute Gasteiger partial charge is 0.368 e. The van der Waals surface area contributed by atoms with E-state index in [1.807, 2.05) is 53.4 Å². The maximum Gasteiger partial charge on any atom is 0.329 e. The lowest BCUT2D eigenvalue weighted by molar-refractivity contribution is -0.132. The summed E-state index contributed by atoms with van der Waals surface area (Å²) in [7, 11) is 1.73. The molecule has 1 saturated heterocycles. The van der Waals surface area contributed by atoms with Crippen LogP contribution < -0.4 is 10.6 Å². The number of aryl methyl sites for hydroxylation is 1. The summed E-state index contributed by atoms with van der Waals surface area (Å²) in [6.45, 7) is 2.82. The minimum absolute atomic E-state index is 0.0285. The topological polar surface area (TPSA) is 50.5 Å². The van der Waals surface area contributed by atoms with E-state index in [9.17, 15) is 9.59 Å². The molecule has 7 heteroatoms. The molecule has 0 spiro atoms. The van der Waals surface area contributed by atoms with Gasteiger partial charge in [-0.05, 0) is 30.3 Å². The summed E-state index contributed by atoms with van der Waals surface area (Å²) in [4.78, 5) is 29.3. The molecule has 0 N–H and O–H groups in total. The average Bonchev–Trinajstić information content (AvgIpc) is 2.93. The Hall–Kier alpha value is -2.73. The number of piperazine rings is 1. The van der Waals surface area contributed by atoms with Crippen LogP contribution in [0.3, 0.4) is 0 Å². The third kappa shape index (κ3) is 3.32. The van der Waals surface area contributed by atoms with Gasteiger partial charge in [0, 0.05) is 43.9 Å². The molecule has 1 aliphatic heterocycles. The normalized spacial score (nSPS) is 14.7. The number of hydrogen-bond acceptors (Lipinski definition) is 3. The van der Waals surface area contributed by atoms with Crippen molar-refractivity contribution in [3.63, 3.8) is 0 Å². The van der Waals surface area contributed by atoms with Crippen molar-refractivity contribution in [3.05, 3.63) is 64.0 Å². The zero-order chi connectivity index (χ0) is 19.0. The zero-order valence-corrected chi connectivity index (χ0v) is 15.9. The fourth-order valence-electron chi connectivity index (χ4n) is 3.64. The molecule has 2 aromatic carbocycles. The second-order valence-electron chi connectivity index (χ2n) is 6.76. The molecule has 0 saturated carbocycles. The van der Waals surface area contributed by atoms with Crippen LogP contribution in [0.25, 0.3) is 11.0 Å². The monoisotopic (exact) mass is 384 g/mol. The summed E-state index contributed by atoms with van der Waals surface area (Å²) < 4.78 is 3.14. The van der Waals surface area contributed by atoms with E-state index in [0.717, 1.165) is 29.8 Å². The van der Waals surface area contributed by atoms with E-state index in [2.05, 4.69) is 4.90 Å². The number of rotatable bonds is 3. The Balaban J connectivity index is 1.46. The SMILES string of the molecule is Cn1c(=O)n(CC(=O)N2CCN(c3cccc(Cl)c3)CC2)c2ccccc21. The highest BCUT2D eigenvalue weighted by Crippen LogP contribution is 2.21. The van der Waals surface area contributed by atoms with Gasteiger partial charge in [-0.1, -0.05) is 29.8 Å². The van der Waals surface area contributed by atoms with Crippen LogP contribution in [0.15, 0.2) is 53.3 Å². The molecule has 4 rings (SSSR count). The summed E-state index contributed by atoms with van der Waals surface area (Å²) in [5.74, 6) is -0.0285. The molecule has 1 fully saturated rings. The van der Waals surface area contributed by atoms with E-state index >= 15 is 0 Å². The van der Waals surface area contributed by atoms with E-state index < -0.39 is 0 Å². The van der Waals surface area contributed by atoms with E-state index in [1.165, 1.54) is 0 Å². The van der Waals surface area contributed by atoms with Crippen molar-refractivity contribution < 1.29 is 4.79 Å². The number of imidazole rings is 1. The summed E-state index contributed by atoms with van der Waals surface area (Å²) in [5.41, 5.74) is 2.53. The van der Waals surface area contributed by atoms with Crippen LogP contribution in [0.1, 0.15) is 0 Å². The number of amides is 1. The van der Waals surface area contributed by atoms with Crippen molar-refractivity contribution in [2.45, 2.75) is 6.54 Å². The molecule has 2 heterocycles. The lowest BCUT2D eigenvalue weighted by atomic mass is 10.2. The molecule has 0 atom stereocenters. The zero-order valence-electron chi connectivity index (χ0n) is 15.1. The van der Waals surface area contributed by atoms with Crippen LogP contribution in [0.5, 0.6) is 0 Å². The van der Waals surface area contributed by atoms with Gasteiger partial charge in [0.05, 0.1) is 11.0 Å². The third-order valence-corrected chi connectivity index (χ3v) is 5.39. The number of aromatic nitrogens is 2. The van der Waals surface area contributed by atoms with Crippen LogP contribution in [-0.4, -0.2) is 46.1 Å². The maximum atomic E-state index is 12.8. The molecule has 6 nitrogen and oxygen atoms in total. The molecule has 0 unspecified atom stereocenters. The van der Waals surface area contributed by atoms with Gasteiger partial charge in [0.15, 0.2) is 0 Å². The molecule has 140 valence electrons. The predicted octanol–water partition coefficient (Wildman–Crippen LogP) is 2.34. The number of halogens is 1. The smallest absolute Gasteiger partial charge is 0.329 e. The average molecular weight is 385 g/mol. The van der Waals surface area contributed by atoms with Crippen LogP contribution >= 0.6 is 11.6 Å². The van der Waals surface area contributed by atoms with Crippen molar-refractivity contribution >= 4 is 34.2 Å². The van der Waals surface area contributed by atoms with Crippen molar-refractivity contribution in [3.8, 4) is 0 Å². The Labute approximate surface area is 162 Å². The van der Waals surface area contributed by atoms with Crippen molar-refractivity contribution in [2.75, 3.05) is 31.1 Å². The van der Waals surface area contributed by atoms with E-state index in [-0.39, 0.29) is 18.1 Å². The molecule has 1 aliphatic rings. The molecule has 0 aliphatic carbocycles. The number of para-hydroxylation sites is 2. The summed E-state index contributed by atoms with van der Waals surface area (Å²) in [6.07, 6.45) is 0. The van der Waals surface area contributed by atoms with Gasteiger partial charge in [-0.2, -0.15) is 0 Å². The number of hydrogen-bond donors (Lipinski definition) is 0. The first-order valence-electron chi connectivity index (χ1n) is 8.97. The number of fused-ring (bicyclic) bond motifs is 1. The lowest BCUT2D eigenvalue weighted by Gasteiger charge is -2.36. The Morgan fingerprint density at radius 2 is 1.70 bits per heavy atom. The van der Waals surface area contributed by atoms with Crippen LogP contribution in [-0.2, 0) is 18.4 Å². The number of nitrogens with zero attached hydrogens (tertiary/aromatic N) is 4. The van der Waals surface area contributed by atoms with E-state index in [4.69, 9.17) is 11.6 Å². The Morgan fingerprint density at radius 3 is 2.41 bits per heavy atom. The van der Waals surface area contributed by atoms with Crippen LogP contribution in [0.2, 0.25) is 5.02 Å². The molecule has 3 aromatic rings. The molecule has 0 radical (unpaired) electrons. The Kier molecular flexibility index (Phi) is 4.66. The minimum atomic E-state index is -0.165. The predicted molar refractivity (Wildman–Crippen MR) is 107 cm³/mol. The number of carbonyl (C=O) groups is 1. The first-order chi connectivity index (χ1) is 13.0. The van der Waals surface area contributed by atoms with Crippen molar-refractivity contribution in [1.29, 1.82) is 0 Å². The second-order valence-corrected chi connectivity index (χ2v) is 7.20. The van der Waals surface area contributed by atoms with Gasteiger partial charge >= 0.3 is 5.69 Å². The number of anilines is 1. The van der Waals surface area contributed by atoms with Gasteiger partial charge < -0.3 is 9.80 Å². The van der Waals surface area contributed by atoms with Gasteiger partial charge in [-0.15, -0.1) is 0 Å². The quantitative estimate of drug-likeness (QED) is 0.696. The molecule has 27 heavy (non-hydrogen) atoms. The van der Waals surface area contributed by atoms with Gasteiger partial charge in [0.25, 0.3) is 0 Å². The fraction of sp³-hybridized carbons (Fsp3) is 0.300. The first-order valence-corrected chi connectivity index (χ1v) is 9.35. The Bertz CT molecular complexity index is 1050. The Morgan fingerprint density at radius 1 is 1.00 bits per heavy atom. The third-order valence-electron chi connectivity index (χ3n) is 5.15. The fourth-order valence-corrected chi connectivity index (χ4v) is 3.82. The van der Waals surface area contributed by atoms with E-state index in [1.54, 1.807) is 16.2 Å². The standard InChI is InChI=1S/C20H21ClN4O2/c1-22-17-7-2-3-8-18(17)25(20(22)27)14-19(26)24-11-9-23(10-12-24)16-6-4-5-15(21)13-16/h2-8,13H,9-12,14H2,1H3. The molecule has 1 aromatic heterocycles. The lowest BCUT2D eigenvalue weighted by Crippen LogP contribution is -2.50. The molecular formula is C20H21ClN4O2. The van der Waals surface area contributed by atoms with Gasteiger partial charge in [0.1, 0.15) is 6.54 Å². The van der Waals surface area contributed by atoms with Gasteiger partial charge in [-0.3, -0.25) is 13.9 Å². The highest BCUT2D eigenvalue weighted by Gasteiger charge is 2.23. The van der Waals surface area contributed by atoms with Gasteiger partial charge in [0.2, 0.25) is 5.91 Å². The highest BCUT2D eigenvalue weighted by molar-refractivity contribution is 6.30. The summed E-state index contributed by atoms with van der Waals surface area (Å²) in [6, 6.07) is 15.3. The highest BCUT2D eigenvalue weighted by atomic mass is 35.5. The van der Waals surface area contributed by atoms with E-state index in [0.29, 0.717) is 18.1 Å². The minimum Gasteiger partial charge on any atom is -0.368 e. The van der Waals surface area contributed by atoms with Crippen molar-refractivity contribution in [2.24, 2.45) is 7.05 Å². The summed E-state index contributed by atoms with van der Waals surface area (Å²) in [5, 5.41) is 0.710. The van der Waals surface area contributed by atoms with Crippen LogP contribution in [0.4, 0.5) is 5.69 Å². The molecule has 0 bridgehead atoms. The van der Waals surface area contributed by atoms with Crippen molar-refractivity contribution in [1.82, 2.24) is 14.0 Å². The van der Waals surface area contributed by atoms with Crippen LogP contribution in [0, 0.1) is 0 Å². The summed E-state index contributed by atoms with van der Waals surface area (Å²) >= 11 is 6.07. The van der Waals surface area contributed by atoms with Gasteiger partial charge in [-0.25, -0.2) is 4.79 Å². The molecule has 1 amide bonds. The second kappa shape index (κ2) is 7.12. The number of carbonyl (C=O) groups excluding carboxylic acids is 1. The molecular weight excluding hydrogens is 364 g/mol. The maximum absolute atomic E-state index is 12.8. The first kappa shape index (κ1) is 17.7.